The molecule has 1 aliphatic rings. The standard InChI is InChI=1S/C33H35N3O3.ClH/c1-22(34-2)32(37)35-29-17-14-25-11-7-8-12-30(25)36(33(29)38)21-28-27-16-13-24(19-23-9-5-4-6-10-23)20-26(27)15-18-31(28)39-3;/h4-13,15-16,18,20,22,29,34H,14,17,19,21H2,1-3H3,(H,35,37);1H/t22-,29-;/m0./s1. The lowest BCUT2D eigenvalue weighted by molar-refractivity contribution is -0.128. The number of ether oxygens (including phenoxy) is 1. The molecule has 6 nitrogen and oxygen atoms in total. The van der Waals surface area contributed by atoms with Gasteiger partial charge in [-0.1, -0.05) is 72.8 Å². The zero-order chi connectivity index (χ0) is 27.4. The van der Waals surface area contributed by atoms with Crippen molar-refractivity contribution in [2.75, 3.05) is 19.1 Å². The van der Waals surface area contributed by atoms with Gasteiger partial charge in [0.05, 0.1) is 19.7 Å². The van der Waals surface area contributed by atoms with Gasteiger partial charge in [-0.3, -0.25) is 9.59 Å². The maximum absolute atomic E-state index is 14.0. The van der Waals surface area contributed by atoms with Crippen LogP contribution in [0, 0.1) is 0 Å². The molecule has 7 heteroatoms. The number of carbonyl (C=O) groups excluding carboxylic acids is 2. The molecule has 2 amide bonds. The van der Waals surface area contributed by atoms with E-state index < -0.39 is 6.04 Å². The number of benzene rings is 4. The van der Waals surface area contributed by atoms with Crippen molar-refractivity contribution in [3.8, 4) is 5.75 Å². The molecule has 208 valence electrons. The quantitative estimate of drug-likeness (QED) is 0.303. The number of para-hydroxylation sites is 1. The molecule has 0 unspecified atom stereocenters. The van der Waals surface area contributed by atoms with Gasteiger partial charge in [0.1, 0.15) is 11.8 Å². The predicted octanol–water partition coefficient (Wildman–Crippen LogP) is 5.43. The number of aryl methyl sites for hydroxylation is 1. The average Bonchev–Trinajstić information content (AvgIpc) is 3.09. The van der Waals surface area contributed by atoms with Crippen molar-refractivity contribution >= 4 is 40.7 Å². The number of hydrogen-bond acceptors (Lipinski definition) is 4. The monoisotopic (exact) mass is 557 g/mol. The average molecular weight is 558 g/mol. The van der Waals surface area contributed by atoms with Gasteiger partial charge >= 0.3 is 0 Å². The molecular formula is C33H36ClN3O3. The molecular weight excluding hydrogens is 522 g/mol. The lowest BCUT2D eigenvalue weighted by atomic mass is 9.97. The van der Waals surface area contributed by atoms with Crippen LogP contribution >= 0.6 is 12.4 Å². The van der Waals surface area contributed by atoms with Crippen molar-refractivity contribution in [3.05, 3.63) is 107 Å². The van der Waals surface area contributed by atoms with Gasteiger partial charge in [0.15, 0.2) is 0 Å². The summed E-state index contributed by atoms with van der Waals surface area (Å²) < 4.78 is 5.80. The maximum Gasteiger partial charge on any atom is 0.249 e. The number of likely N-dealkylation sites (N-methyl/N-ethyl adjacent to an activating group) is 1. The third-order valence-electron chi connectivity index (χ3n) is 7.63. The Morgan fingerprint density at radius 2 is 1.75 bits per heavy atom. The normalized spacial score (nSPS) is 15.5. The highest BCUT2D eigenvalue weighted by atomic mass is 35.5. The molecule has 2 N–H and O–H groups in total. The van der Waals surface area contributed by atoms with E-state index in [1.807, 2.05) is 35.2 Å². The zero-order valence-electron chi connectivity index (χ0n) is 23.1. The fourth-order valence-electron chi connectivity index (χ4n) is 5.32. The smallest absolute Gasteiger partial charge is 0.249 e. The number of nitrogens with one attached hydrogen (secondary N) is 2. The van der Waals surface area contributed by atoms with E-state index >= 15 is 0 Å². The lowest BCUT2D eigenvalue weighted by Gasteiger charge is -2.28. The number of methoxy groups -OCH3 is 1. The van der Waals surface area contributed by atoms with Crippen LogP contribution < -0.4 is 20.3 Å². The van der Waals surface area contributed by atoms with Crippen LogP contribution in [0.1, 0.15) is 35.6 Å². The highest BCUT2D eigenvalue weighted by Gasteiger charge is 2.33. The first-order valence-electron chi connectivity index (χ1n) is 13.5. The highest BCUT2D eigenvalue weighted by Crippen LogP contribution is 2.34. The van der Waals surface area contributed by atoms with Crippen molar-refractivity contribution in [2.24, 2.45) is 0 Å². The molecule has 40 heavy (non-hydrogen) atoms. The van der Waals surface area contributed by atoms with E-state index in [0.29, 0.717) is 19.4 Å². The van der Waals surface area contributed by atoms with Gasteiger partial charge in [0.25, 0.3) is 0 Å². The van der Waals surface area contributed by atoms with Crippen molar-refractivity contribution < 1.29 is 14.3 Å². The number of amides is 2. The summed E-state index contributed by atoms with van der Waals surface area (Å²) in [5.74, 6) is 0.434. The molecule has 0 aromatic heterocycles. The number of fused-ring (bicyclic) bond motifs is 2. The van der Waals surface area contributed by atoms with E-state index in [-0.39, 0.29) is 30.3 Å². The minimum atomic E-state index is -0.612. The van der Waals surface area contributed by atoms with Gasteiger partial charge < -0.3 is 20.3 Å². The first-order valence-corrected chi connectivity index (χ1v) is 13.5. The Bertz CT molecular complexity index is 1490. The Hall–Kier alpha value is -3.87. The number of carbonyl (C=O) groups is 2. The number of anilines is 1. The number of halogens is 1. The summed E-state index contributed by atoms with van der Waals surface area (Å²) in [6, 6.07) is 28.0. The second-order valence-corrected chi connectivity index (χ2v) is 10.1. The second-order valence-electron chi connectivity index (χ2n) is 10.1. The minimum Gasteiger partial charge on any atom is -0.496 e. The van der Waals surface area contributed by atoms with Crippen LogP contribution in [0.5, 0.6) is 5.75 Å². The third kappa shape index (κ3) is 6.14. The fourth-order valence-corrected chi connectivity index (χ4v) is 5.32. The van der Waals surface area contributed by atoms with Crippen LogP contribution in [-0.4, -0.2) is 38.1 Å². The Morgan fingerprint density at radius 3 is 2.50 bits per heavy atom. The molecule has 0 radical (unpaired) electrons. The number of nitrogens with zero attached hydrogens (tertiary/aromatic N) is 1. The predicted molar refractivity (Wildman–Crippen MR) is 163 cm³/mol. The highest BCUT2D eigenvalue weighted by molar-refractivity contribution is 6.01. The zero-order valence-corrected chi connectivity index (χ0v) is 24.0. The van der Waals surface area contributed by atoms with E-state index in [4.69, 9.17) is 4.74 Å². The van der Waals surface area contributed by atoms with Crippen molar-refractivity contribution in [3.63, 3.8) is 0 Å². The summed E-state index contributed by atoms with van der Waals surface area (Å²) in [5, 5.41) is 8.08. The van der Waals surface area contributed by atoms with Crippen LogP contribution in [0.3, 0.4) is 0 Å². The van der Waals surface area contributed by atoms with Crippen LogP contribution in [0.15, 0.2) is 84.9 Å². The van der Waals surface area contributed by atoms with E-state index in [1.54, 1.807) is 21.1 Å². The molecule has 2 atom stereocenters. The van der Waals surface area contributed by atoms with Crippen molar-refractivity contribution in [2.45, 2.75) is 44.8 Å². The van der Waals surface area contributed by atoms with Gasteiger partial charge in [-0.05, 0) is 72.8 Å². The molecule has 4 aromatic carbocycles. The fraction of sp³-hybridized carbons (Fsp3) is 0.273. The van der Waals surface area contributed by atoms with Gasteiger partial charge in [-0.2, -0.15) is 0 Å². The molecule has 4 aromatic rings. The minimum absolute atomic E-state index is 0. The molecule has 1 heterocycles. The van der Waals surface area contributed by atoms with Crippen LogP contribution in [0.4, 0.5) is 5.69 Å². The largest absolute Gasteiger partial charge is 0.496 e. The van der Waals surface area contributed by atoms with Gasteiger partial charge in [0, 0.05) is 11.3 Å². The first-order chi connectivity index (χ1) is 19.0. The molecule has 0 fully saturated rings. The van der Waals surface area contributed by atoms with Crippen molar-refractivity contribution in [1.82, 2.24) is 10.6 Å². The summed E-state index contributed by atoms with van der Waals surface area (Å²) in [5.41, 5.74) is 5.40. The van der Waals surface area contributed by atoms with E-state index in [1.165, 1.54) is 11.1 Å². The molecule has 0 spiro atoms. The maximum atomic E-state index is 14.0. The van der Waals surface area contributed by atoms with Crippen LogP contribution in [0.2, 0.25) is 0 Å². The summed E-state index contributed by atoms with van der Waals surface area (Å²) >= 11 is 0. The van der Waals surface area contributed by atoms with E-state index in [0.717, 1.165) is 39.8 Å². The number of rotatable bonds is 8. The second kappa shape index (κ2) is 13.0. The van der Waals surface area contributed by atoms with Crippen molar-refractivity contribution in [1.29, 1.82) is 0 Å². The summed E-state index contributed by atoms with van der Waals surface area (Å²) in [4.78, 5) is 28.5. The van der Waals surface area contributed by atoms with E-state index in [9.17, 15) is 9.59 Å². The van der Waals surface area contributed by atoms with Gasteiger partial charge in [-0.15, -0.1) is 12.4 Å². The van der Waals surface area contributed by atoms with Gasteiger partial charge in [-0.25, -0.2) is 0 Å². The topological polar surface area (TPSA) is 70.7 Å². The molecule has 0 saturated heterocycles. The molecule has 0 aliphatic carbocycles. The Morgan fingerprint density at radius 1 is 1.00 bits per heavy atom. The summed E-state index contributed by atoms with van der Waals surface area (Å²) in [7, 11) is 3.40. The van der Waals surface area contributed by atoms with Gasteiger partial charge in [0.2, 0.25) is 11.8 Å². The molecule has 1 aliphatic heterocycles. The summed E-state index contributed by atoms with van der Waals surface area (Å²) in [6.07, 6.45) is 2.10. The first kappa shape index (κ1) is 29.1. The molecule has 0 saturated carbocycles. The Kier molecular flexibility index (Phi) is 9.46. The van der Waals surface area contributed by atoms with Crippen LogP contribution in [-0.2, 0) is 29.0 Å². The summed E-state index contributed by atoms with van der Waals surface area (Å²) in [6.45, 7) is 2.12. The number of hydrogen-bond donors (Lipinski definition) is 2. The molecule has 0 bridgehead atoms. The van der Waals surface area contributed by atoms with E-state index in [2.05, 4.69) is 65.2 Å². The lowest BCUT2D eigenvalue weighted by Crippen LogP contribution is -2.52. The molecule has 5 rings (SSSR count). The Balaban J connectivity index is 0.00000370. The SMILES string of the molecule is CN[C@@H](C)C(=O)N[C@H]1CCc2ccccc2N(Cc2c(OC)ccc3cc(Cc4ccccc4)ccc23)C1=O.Cl. The third-order valence-corrected chi connectivity index (χ3v) is 7.63. The van der Waals surface area contributed by atoms with Crippen LogP contribution in [0.25, 0.3) is 10.8 Å². The Labute approximate surface area is 242 Å².